The van der Waals surface area contributed by atoms with Gasteiger partial charge in [-0.1, -0.05) is 30.0 Å². The maximum absolute atomic E-state index is 13.5. The topological polar surface area (TPSA) is 64.0 Å². The SMILES string of the molecule is O=C(NCc1ccccc1F)C1CSc2nccc(=O)n2C1. The fraction of sp³-hybridized carbons (Fsp3) is 0.267. The molecule has 1 N–H and O–H groups in total. The van der Waals surface area contributed by atoms with Gasteiger partial charge in [0.25, 0.3) is 5.56 Å². The lowest BCUT2D eigenvalue weighted by molar-refractivity contribution is -0.125. The summed E-state index contributed by atoms with van der Waals surface area (Å²) in [6.45, 7) is 0.444. The van der Waals surface area contributed by atoms with Crippen LogP contribution in [0.3, 0.4) is 0 Å². The highest BCUT2D eigenvalue weighted by molar-refractivity contribution is 7.99. The Bertz CT molecular complexity index is 762. The van der Waals surface area contributed by atoms with E-state index in [1.807, 2.05) is 0 Å². The molecule has 1 unspecified atom stereocenters. The molecule has 0 fully saturated rings. The maximum Gasteiger partial charge on any atom is 0.254 e. The number of nitrogens with zero attached hydrogens (tertiary/aromatic N) is 2. The van der Waals surface area contributed by atoms with Gasteiger partial charge in [-0.25, -0.2) is 9.37 Å². The normalized spacial score (nSPS) is 16.9. The van der Waals surface area contributed by atoms with Crippen molar-refractivity contribution in [2.75, 3.05) is 5.75 Å². The summed E-state index contributed by atoms with van der Waals surface area (Å²) in [6.07, 6.45) is 1.47. The standard InChI is InChI=1S/C15H14FN3O2S/c16-12-4-2-1-3-10(12)7-18-14(21)11-8-19-13(20)5-6-17-15(19)22-9-11/h1-6,11H,7-9H2,(H,18,21). The van der Waals surface area contributed by atoms with Gasteiger partial charge in [0.2, 0.25) is 5.91 Å². The Hall–Kier alpha value is -2.15. The van der Waals surface area contributed by atoms with Crippen molar-refractivity contribution in [3.63, 3.8) is 0 Å². The minimum Gasteiger partial charge on any atom is -0.352 e. The third-order valence-corrected chi connectivity index (χ3v) is 4.65. The summed E-state index contributed by atoms with van der Waals surface area (Å²) >= 11 is 1.38. The molecule has 1 aliphatic heterocycles. The van der Waals surface area contributed by atoms with Crippen molar-refractivity contribution < 1.29 is 9.18 Å². The lowest BCUT2D eigenvalue weighted by Gasteiger charge is -2.23. The molecule has 5 nitrogen and oxygen atoms in total. The summed E-state index contributed by atoms with van der Waals surface area (Å²) in [4.78, 5) is 28.1. The van der Waals surface area contributed by atoms with Crippen molar-refractivity contribution in [1.82, 2.24) is 14.9 Å². The Labute approximate surface area is 130 Å². The first-order valence-corrected chi connectivity index (χ1v) is 7.83. The molecule has 2 heterocycles. The smallest absolute Gasteiger partial charge is 0.254 e. The molecule has 3 rings (SSSR count). The molecule has 1 aromatic heterocycles. The minimum atomic E-state index is -0.341. The van der Waals surface area contributed by atoms with Gasteiger partial charge in [0.1, 0.15) is 5.82 Å². The zero-order valence-electron chi connectivity index (χ0n) is 11.7. The Balaban J connectivity index is 1.66. The number of aromatic nitrogens is 2. The predicted octanol–water partition coefficient (Wildman–Crippen LogP) is 1.42. The minimum absolute atomic E-state index is 0.140. The molecular formula is C15H14FN3O2S. The van der Waals surface area contributed by atoms with Crippen LogP contribution in [-0.2, 0) is 17.9 Å². The van der Waals surface area contributed by atoms with E-state index in [-0.39, 0.29) is 29.7 Å². The number of halogens is 1. The number of carbonyl (C=O) groups is 1. The van der Waals surface area contributed by atoms with Crippen LogP contribution in [0.15, 0.2) is 46.5 Å². The monoisotopic (exact) mass is 319 g/mol. The van der Waals surface area contributed by atoms with Crippen LogP contribution in [0, 0.1) is 11.7 Å². The zero-order chi connectivity index (χ0) is 15.5. The Morgan fingerprint density at radius 1 is 1.41 bits per heavy atom. The number of rotatable bonds is 3. The Morgan fingerprint density at radius 2 is 2.23 bits per heavy atom. The highest BCUT2D eigenvalue weighted by Crippen LogP contribution is 2.24. The third kappa shape index (κ3) is 3.04. The molecule has 22 heavy (non-hydrogen) atoms. The van der Waals surface area contributed by atoms with Crippen molar-refractivity contribution in [3.05, 3.63) is 58.3 Å². The van der Waals surface area contributed by atoms with Crippen molar-refractivity contribution in [1.29, 1.82) is 0 Å². The summed E-state index contributed by atoms with van der Waals surface area (Å²) < 4.78 is 15.0. The van der Waals surface area contributed by atoms with E-state index >= 15 is 0 Å². The van der Waals surface area contributed by atoms with Gasteiger partial charge in [-0.2, -0.15) is 0 Å². The average Bonchev–Trinajstić information content (AvgIpc) is 2.54. The Kier molecular flexibility index (Phi) is 4.24. The van der Waals surface area contributed by atoms with Crippen LogP contribution in [0.2, 0.25) is 0 Å². The summed E-state index contributed by atoms with van der Waals surface area (Å²) in [5.74, 6) is -0.297. The van der Waals surface area contributed by atoms with Gasteiger partial charge in [0.15, 0.2) is 5.16 Å². The molecule has 0 aliphatic carbocycles. The largest absolute Gasteiger partial charge is 0.352 e. The predicted molar refractivity (Wildman–Crippen MR) is 81.0 cm³/mol. The van der Waals surface area contributed by atoms with Gasteiger partial charge < -0.3 is 5.32 Å². The molecule has 7 heteroatoms. The molecule has 0 spiro atoms. The van der Waals surface area contributed by atoms with Crippen LogP contribution in [0.1, 0.15) is 5.56 Å². The highest BCUT2D eigenvalue weighted by Gasteiger charge is 2.26. The second kappa shape index (κ2) is 6.31. The van der Waals surface area contributed by atoms with Crippen molar-refractivity contribution in [3.8, 4) is 0 Å². The van der Waals surface area contributed by atoms with E-state index in [1.54, 1.807) is 18.2 Å². The van der Waals surface area contributed by atoms with E-state index < -0.39 is 0 Å². The fourth-order valence-corrected chi connectivity index (χ4v) is 3.34. The van der Waals surface area contributed by atoms with Gasteiger partial charge in [-0.15, -0.1) is 0 Å². The summed E-state index contributed by atoms with van der Waals surface area (Å²) in [6, 6.07) is 7.70. The van der Waals surface area contributed by atoms with E-state index in [2.05, 4.69) is 10.3 Å². The first-order chi connectivity index (χ1) is 10.6. The maximum atomic E-state index is 13.5. The second-order valence-electron chi connectivity index (χ2n) is 4.99. The fourth-order valence-electron chi connectivity index (χ4n) is 2.28. The molecule has 0 saturated heterocycles. The molecule has 2 aromatic rings. The number of nitrogens with one attached hydrogen (secondary N) is 1. The lowest BCUT2D eigenvalue weighted by Crippen LogP contribution is -2.39. The van der Waals surface area contributed by atoms with Crippen LogP contribution in [0.4, 0.5) is 4.39 Å². The van der Waals surface area contributed by atoms with Gasteiger partial charge in [0, 0.05) is 36.7 Å². The van der Waals surface area contributed by atoms with E-state index in [0.29, 0.717) is 23.0 Å². The van der Waals surface area contributed by atoms with Crippen LogP contribution in [-0.4, -0.2) is 21.2 Å². The molecule has 0 bridgehead atoms. The number of carbonyl (C=O) groups excluding carboxylic acids is 1. The second-order valence-corrected chi connectivity index (χ2v) is 5.98. The summed E-state index contributed by atoms with van der Waals surface area (Å²) in [7, 11) is 0. The zero-order valence-corrected chi connectivity index (χ0v) is 12.5. The quantitative estimate of drug-likeness (QED) is 0.869. The molecule has 1 amide bonds. The summed E-state index contributed by atoms with van der Waals surface area (Å²) in [5.41, 5.74) is 0.280. The third-order valence-electron chi connectivity index (χ3n) is 3.50. The molecule has 1 aromatic carbocycles. The van der Waals surface area contributed by atoms with Crippen LogP contribution >= 0.6 is 11.8 Å². The molecule has 0 radical (unpaired) electrons. The van der Waals surface area contributed by atoms with Crippen molar-refractivity contribution in [2.24, 2.45) is 5.92 Å². The number of amides is 1. The van der Waals surface area contributed by atoms with E-state index in [1.165, 1.54) is 34.7 Å². The van der Waals surface area contributed by atoms with Crippen LogP contribution in [0.25, 0.3) is 0 Å². The van der Waals surface area contributed by atoms with Crippen LogP contribution in [0.5, 0.6) is 0 Å². The molecule has 1 atom stereocenters. The molecule has 114 valence electrons. The van der Waals surface area contributed by atoms with Gasteiger partial charge >= 0.3 is 0 Å². The van der Waals surface area contributed by atoms with E-state index in [9.17, 15) is 14.0 Å². The van der Waals surface area contributed by atoms with Gasteiger partial charge in [-0.3, -0.25) is 14.2 Å². The highest BCUT2D eigenvalue weighted by atomic mass is 32.2. The number of fused-ring (bicyclic) bond motifs is 1. The van der Waals surface area contributed by atoms with Crippen LogP contribution < -0.4 is 10.9 Å². The number of thioether (sulfide) groups is 1. The van der Waals surface area contributed by atoms with E-state index in [4.69, 9.17) is 0 Å². The molecule has 0 saturated carbocycles. The number of benzene rings is 1. The van der Waals surface area contributed by atoms with Gasteiger partial charge in [-0.05, 0) is 6.07 Å². The van der Waals surface area contributed by atoms with E-state index in [0.717, 1.165) is 0 Å². The Morgan fingerprint density at radius 3 is 3.05 bits per heavy atom. The number of hydrogen-bond donors (Lipinski definition) is 1. The van der Waals surface area contributed by atoms with Crippen molar-refractivity contribution >= 4 is 17.7 Å². The van der Waals surface area contributed by atoms with Crippen molar-refractivity contribution in [2.45, 2.75) is 18.2 Å². The average molecular weight is 319 g/mol. The number of hydrogen-bond acceptors (Lipinski definition) is 4. The summed E-state index contributed by atoms with van der Waals surface area (Å²) in [5, 5.41) is 3.36. The first kappa shape index (κ1) is 14.8. The molecular weight excluding hydrogens is 305 g/mol. The van der Waals surface area contributed by atoms with Gasteiger partial charge in [0.05, 0.1) is 5.92 Å². The first-order valence-electron chi connectivity index (χ1n) is 6.85. The molecule has 1 aliphatic rings. The lowest BCUT2D eigenvalue weighted by atomic mass is 10.1.